The van der Waals surface area contributed by atoms with Crippen molar-refractivity contribution in [1.82, 2.24) is 5.32 Å². The van der Waals surface area contributed by atoms with Crippen LogP contribution in [0.25, 0.3) is 0 Å². The number of rotatable bonds is 5. The first-order valence-electron chi connectivity index (χ1n) is 9.05. The summed E-state index contributed by atoms with van der Waals surface area (Å²) in [5, 5.41) is 14.0. The molecule has 2 saturated heterocycles. The van der Waals surface area contributed by atoms with Crippen LogP contribution in [-0.4, -0.2) is 55.8 Å². The van der Waals surface area contributed by atoms with E-state index in [0.717, 1.165) is 19.6 Å². The average Bonchev–Trinajstić information content (AvgIpc) is 2.55. The van der Waals surface area contributed by atoms with E-state index in [1.54, 1.807) is 0 Å². The quantitative estimate of drug-likeness (QED) is 0.862. The Hall–Kier alpha value is -1.14. The van der Waals surface area contributed by atoms with E-state index in [0.29, 0.717) is 32.6 Å². The molecule has 2 fully saturated rings. The van der Waals surface area contributed by atoms with E-state index in [-0.39, 0.29) is 12.2 Å². The van der Waals surface area contributed by atoms with Gasteiger partial charge in [0, 0.05) is 57.9 Å². The fourth-order valence-electron chi connectivity index (χ4n) is 3.70. The number of hydrogen-bond acceptors (Lipinski definition) is 5. The number of ether oxygens (including phenoxy) is 2. The van der Waals surface area contributed by atoms with Crippen LogP contribution < -0.4 is 10.2 Å². The molecule has 134 valence electrons. The molecular weight excluding hydrogens is 304 g/mol. The summed E-state index contributed by atoms with van der Waals surface area (Å²) < 4.78 is 11.2. The summed E-state index contributed by atoms with van der Waals surface area (Å²) in [5.41, 5.74) is 1.91. The lowest BCUT2D eigenvalue weighted by Crippen LogP contribution is -2.46. The van der Waals surface area contributed by atoms with Gasteiger partial charge in [0.05, 0.1) is 17.8 Å². The number of nitrogens with zero attached hydrogens (tertiary/aromatic N) is 1. The standard InChI is InChI=1S/C19H30N2O3/c1-15-12-21(13-16(2)24-15)18-6-4-3-5-17(18)11-20-14-19(22)7-9-23-10-8-19/h3-6,15-16,20,22H,7-14H2,1-2H3/t15-,16+. The Bertz CT molecular complexity index is 521. The van der Waals surface area contributed by atoms with Gasteiger partial charge < -0.3 is 24.8 Å². The molecule has 2 heterocycles. The summed E-state index contributed by atoms with van der Waals surface area (Å²) in [6.07, 6.45) is 1.91. The van der Waals surface area contributed by atoms with Gasteiger partial charge in [0.25, 0.3) is 0 Å². The Morgan fingerprint density at radius 3 is 2.54 bits per heavy atom. The molecule has 5 nitrogen and oxygen atoms in total. The number of morpholine rings is 1. The van der Waals surface area contributed by atoms with Crippen molar-refractivity contribution in [2.75, 3.05) is 37.7 Å². The van der Waals surface area contributed by atoms with E-state index in [2.05, 4.69) is 48.3 Å². The Kier molecular flexibility index (Phi) is 5.76. The van der Waals surface area contributed by atoms with Gasteiger partial charge in [0.2, 0.25) is 0 Å². The summed E-state index contributed by atoms with van der Waals surface area (Å²) in [6.45, 7) is 8.77. The topological polar surface area (TPSA) is 54.0 Å². The Balaban J connectivity index is 1.61. The van der Waals surface area contributed by atoms with Gasteiger partial charge in [-0.25, -0.2) is 0 Å². The number of aliphatic hydroxyl groups is 1. The molecular formula is C19H30N2O3. The van der Waals surface area contributed by atoms with Gasteiger partial charge in [0.15, 0.2) is 0 Å². The van der Waals surface area contributed by atoms with Crippen LogP contribution in [0.2, 0.25) is 0 Å². The second kappa shape index (κ2) is 7.83. The molecule has 2 aliphatic rings. The predicted molar refractivity (Wildman–Crippen MR) is 95.4 cm³/mol. The Labute approximate surface area is 144 Å². The zero-order chi connectivity index (χ0) is 17.0. The van der Waals surface area contributed by atoms with E-state index >= 15 is 0 Å². The van der Waals surface area contributed by atoms with Crippen LogP contribution in [0.15, 0.2) is 24.3 Å². The molecule has 2 atom stereocenters. The second-order valence-electron chi connectivity index (χ2n) is 7.23. The Morgan fingerprint density at radius 1 is 1.17 bits per heavy atom. The van der Waals surface area contributed by atoms with Crippen LogP contribution in [0.5, 0.6) is 0 Å². The van der Waals surface area contributed by atoms with Crippen molar-refractivity contribution in [3.8, 4) is 0 Å². The zero-order valence-corrected chi connectivity index (χ0v) is 14.8. The van der Waals surface area contributed by atoms with Crippen molar-refractivity contribution in [1.29, 1.82) is 0 Å². The normalized spacial score (nSPS) is 27.2. The number of hydrogen-bond donors (Lipinski definition) is 2. The van der Waals surface area contributed by atoms with Crippen molar-refractivity contribution in [3.05, 3.63) is 29.8 Å². The third-order valence-corrected chi connectivity index (χ3v) is 4.94. The largest absolute Gasteiger partial charge is 0.388 e. The molecule has 5 heteroatoms. The minimum absolute atomic E-state index is 0.248. The molecule has 1 aromatic rings. The van der Waals surface area contributed by atoms with Crippen molar-refractivity contribution in [2.45, 2.75) is 51.0 Å². The third-order valence-electron chi connectivity index (χ3n) is 4.94. The molecule has 1 aromatic carbocycles. The van der Waals surface area contributed by atoms with E-state index in [1.165, 1.54) is 11.3 Å². The summed E-state index contributed by atoms with van der Waals surface area (Å²) in [4.78, 5) is 2.42. The molecule has 0 saturated carbocycles. The van der Waals surface area contributed by atoms with E-state index < -0.39 is 5.60 Å². The van der Waals surface area contributed by atoms with Gasteiger partial charge in [0.1, 0.15) is 0 Å². The van der Waals surface area contributed by atoms with Crippen LogP contribution >= 0.6 is 0 Å². The van der Waals surface area contributed by atoms with Crippen molar-refractivity contribution in [3.63, 3.8) is 0 Å². The van der Waals surface area contributed by atoms with Gasteiger partial charge in [-0.1, -0.05) is 18.2 Å². The van der Waals surface area contributed by atoms with E-state index in [1.807, 2.05) is 0 Å². The molecule has 0 spiro atoms. The highest BCUT2D eigenvalue weighted by Gasteiger charge is 2.29. The molecule has 2 N–H and O–H groups in total. The minimum Gasteiger partial charge on any atom is -0.388 e. The maximum Gasteiger partial charge on any atom is 0.0815 e. The summed E-state index contributed by atoms with van der Waals surface area (Å²) in [6, 6.07) is 8.53. The molecule has 0 aromatic heterocycles. The maximum atomic E-state index is 10.6. The Morgan fingerprint density at radius 2 is 1.83 bits per heavy atom. The summed E-state index contributed by atoms with van der Waals surface area (Å²) >= 11 is 0. The van der Waals surface area contributed by atoms with Crippen LogP contribution in [0.4, 0.5) is 5.69 Å². The molecule has 0 aliphatic carbocycles. The molecule has 2 aliphatic heterocycles. The number of para-hydroxylation sites is 1. The minimum atomic E-state index is -0.630. The van der Waals surface area contributed by atoms with Crippen molar-refractivity contribution < 1.29 is 14.6 Å². The SMILES string of the molecule is C[C@@H]1CN(c2ccccc2CNCC2(O)CCOCC2)C[C@H](C)O1. The van der Waals surface area contributed by atoms with Crippen molar-refractivity contribution >= 4 is 5.69 Å². The van der Waals surface area contributed by atoms with Crippen LogP contribution in [-0.2, 0) is 16.0 Å². The first kappa shape index (κ1) is 17.7. The average molecular weight is 334 g/mol. The van der Waals surface area contributed by atoms with Crippen LogP contribution in [0.1, 0.15) is 32.3 Å². The molecule has 0 amide bonds. The van der Waals surface area contributed by atoms with E-state index in [4.69, 9.17) is 9.47 Å². The monoisotopic (exact) mass is 334 g/mol. The van der Waals surface area contributed by atoms with Gasteiger partial charge >= 0.3 is 0 Å². The van der Waals surface area contributed by atoms with Crippen LogP contribution in [0, 0.1) is 0 Å². The first-order chi connectivity index (χ1) is 11.6. The zero-order valence-electron chi connectivity index (χ0n) is 14.8. The van der Waals surface area contributed by atoms with Crippen LogP contribution in [0.3, 0.4) is 0 Å². The lowest BCUT2D eigenvalue weighted by Gasteiger charge is -2.38. The summed E-state index contributed by atoms with van der Waals surface area (Å²) in [7, 11) is 0. The fraction of sp³-hybridized carbons (Fsp3) is 0.684. The molecule has 0 unspecified atom stereocenters. The van der Waals surface area contributed by atoms with Gasteiger partial charge in [-0.05, 0) is 25.5 Å². The van der Waals surface area contributed by atoms with Gasteiger partial charge in [-0.15, -0.1) is 0 Å². The summed E-state index contributed by atoms with van der Waals surface area (Å²) in [5.74, 6) is 0. The number of anilines is 1. The second-order valence-corrected chi connectivity index (χ2v) is 7.23. The van der Waals surface area contributed by atoms with E-state index in [9.17, 15) is 5.11 Å². The number of nitrogens with one attached hydrogen (secondary N) is 1. The highest BCUT2D eigenvalue weighted by molar-refractivity contribution is 5.54. The maximum absolute atomic E-state index is 10.6. The highest BCUT2D eigenvalue weighted by Crippen LogP contribution is 2.25. The smallest absolute Gasteiger partial charge is 0.0815 e. The lowest BCUT2D eigenvalue weighted by molar-refractivity contribution is -0.0616. The first-order valence-corrected chi connectivity index (χ1v) is 9.05. The molecule has 0 radical (unpaired) electrons. The van der Waals surface area contributed by atoms with Crippen molar-refractivity contribution in [2.24, 2.45) is 0 Å². The lowest BCUT2D eigenvalue weighted by atomic mass is 9.94. The van der Waals surface area contributed by atoms with Gasteiger partial charge in [-0.3, -0.25) is 0 Å². The number of benzene rings is 1. The molecule has 0 bridgehead atoms. The highest BCUT2D eigenvalue weighted by atomic mass is 16.5. The predicted octanol–water partition coefficient (Wildman–Crippen LogP) is 1.93. The fourth-order valence-corrected chi connectivity index (χ4v) is 3.70. The molecule has 24 heavy (non-hydrogen) atoms. The van der Waals surface area contributed by atoms with Gasteiger partial charge in [-0.2, -0.15) is 0 Å². The molecule has 3 rings (SSSR count). The third kappa shape index (κ3) is 4.48.